The number of nitrogens with zero attached hydrogens (tertiary/aromatic N) is 2. The van der Waals surface area contributed by atoms with Crippen LogP contribution in [0.5, 0.6) is 5.75 Å². The minimum atomic E-state index is -0.577. The summed E-state index contributed by atoms with van der Waals surface area (Å²) in [7, 11) is 1.57. The number of ether oxygens (including phenoxy) is 1. The largest absolute Gasteiger partial charge is 0.497 e. The van der Waals surface area contributed by atoms with Crippen molar-refractivity contribution in [3.05, 3.63) is 76.4 Å². The Morgan fingerprint density at radius 2 is 1.97 bits per heavy atom. The highest BCUT2D eigenvalue weighted by atomic mass is 35.5. The Balaban J connectivity index is 1.51. The van der Waals surface area contributed by atoms with E-state index in [0.29, 0.717) is 35.7 Å². The Morgan fingerprint density at radius 1 is 1.19 bits per heavy atom. The van der Waals surface area contributed by atoms with Gasteiger partial charge in [-0.2, -0.15) is 0 Å². The summed E-state index contributed by atoms with van der Waals surface area (Å²) in [6, 6.07) is 12.0. The summed E-state index contributed by atoms with van der Waals surface area (Å²) in [6.45, 7) is 0.575. The van der Waals surface area contributed by atoms with Crippen LogP contribution in [0.3, 0.4) is 0 Å². The first-order valence-electron chi connectivity index (χ1n) is 10.1. The molecule has 4 rings (SSSR count). The van der Waals surface area contributed by atoms with Crippen LogP contribution in [0, 0.1) is 5.82 Å². The molecular weight excluding hydrogens is 437 g/mol. The molecule has 1 aliphatic rings. The molecular formula is C23H21ClFN3O4. The molecule has 32 heavy (non-hydrogen) atoms. The number of hydrogen-bond acceptors (Lipinski definition) is 5. The number of piperidine rings is 1. The van der Waals surface area contributed by atoms with Crippen molar-refractivity contribution in [2.45, 2.75) is 25.3 Å². The average molecular weight is 458 g/mol. The Bertz CT molecular complexity index is 1130. The van der Waals surface area contributed by atoms with Crippen LogP contribution in [0.4, 0.5) is 10.1 Å². The van der Waals surface area contributed by atoms with Crippen molar-refractivity contribution in [3.8, 4) is 5.75 Å². The van der Waals surface area contributed by atoms with Crippen molar-refractivity contribution in [2.24, 2.45) is 0 Å². The van der Waals surface area contributed by atoms with E-state index in [1.54, 1.807) is 36.3 Å². The van der Waals surface area contributed by atoms with Crippen LogP contribution in [0.25, 0.3) is 0 Å². The van der Waals surface area contributed by atoms with Crippen LogP contribution in [0.2, 0.25) is 5.02 Å². The molecule has 0 saturated carbocycles. The third-order valence-corrected chi connectivity index (χ3v) is 5.66. The summed E-state index contributed by atoms with van der Waals surface area (Å²) in [5.74, 6) is -0.113. The molecule has 1 N–H and O–H groups in total. The predicted molar refractivity (Wildman–Crippen MR) is 116 cm³/mol. The van der Waals surface area contributed by atoms with E-state index in [4.69, 9.17) is 20.9 Å². The molecule has 1 atom stereocenters. The summed E-state index contributed by atoms with van der Waals surface area (Å²) in [6.07, 6.45) is 2.50. The topological polar surface area (TPSA) is 84.7 Å². The lowest BCUT2D eigenvalue weighted by molar-refractivity contribution is 0.0570. The van der Waals surface area contributed by atoms with Gasteiger partial charge >= 0.3 is 0 Å². The second-order valence-electron chi connectivity index (χ2n) is 7.44. The molecule has 9 heteroatoms. The molecule has 2 heterocycles. The van der Waals surface area contributed by atoms with Crippen LogP contribution in [-0.2, 0) is 0 Å². The van der Waals surface area contributed by atoms with Gasteiger partial charge in [-0.3, -0.25) is 9.59 Å². The van der Waals surface area contributed by atoms with E-state index in [-0.39, 0.29) is 22.7 Å². The fourth-order valence-electron chi connectivity index (χ4n) is 3.69. The summed E-state index contributed by atoms with van der Waals surface area (Å²) >= 11 is 5.76. The maximum Gasteiger partial charge on any atom is 0.277 e. The van der Waals surface area contributed by atoms with Crippen molar-refractivity contribution in [1.29, 1.82) is 0 Å². The number of anilines is 1. The summed E-state index contributed by atoms with van der Waals surface area (Å²) < 4.78 is 23.9. The van der Waals surface area contributed by atoms with Crippen molar-refractivity contribution < 1.29 is 23.2 Å². The first kappa shape index (κ1) is 21.8. The van der Waals surface area contributed by atoms with E-state index in [1.807, 2.05) is 0 Å². The lowest BCUT2D eigenvalue weighted by Crippen LogP contribution is -2.38. The summed E-state index contributed by atoms with van der Waals surface area (Å²) in [4.78, 5) is 27.4. The molecule has 0 spiro atoms. The summed E-state index contributed by atoms with van der Waals surface area (Å²) in [5, 5.41) is 6.38. The van der Waals surface area contributed by atoms with Crippen LogP contribution in [0.15, 0.2) is 53.1 Å². The van der Waals surface area contributed by atoms with Gasteiger partial charge in [0.2, 0.25) is 0 Å². The second-order valence-corrected chi connectivity index (χ2v) is 7.84. The van der Waals surface area contributed by atoms with Crippen LogP contribution >= 0.6 is 11.6 Å². The Kier molecular flexibility index (Phi) is 6.41. The standard InChI is InChI=1S/C23H21ClFN3O4/c1-31-16-8-5-14(6-9-16)23(30)28-11-3-2-4-20(28)21-13-19(27-32-21)22(29)26-15-7-10-18(25)17(24)12-15/h5-10,12-13,20H,2-4,11H2,1H3,(H,26,29). The predicted octanol–water partition coefficient (Wildman–Crippen LogP) is 5.10. The van der Waals surface area contributed by atoms with Gasteiger partial charge in [0, 0.05) is 23.9 Å². The first-order valence-corrected chi connectivity index (χ1v) is 10.5. The molecule has 0 aliphatic carbocycles. The van der Waals surface area contributed by atoms with Gasteiger partial charge in [-0.25, -0.2) is 4.39 Å². The monoisotopic (exact) mass is 457 g/mol. The number of halogens is 2. The van der Waals surface area contributed by atoms with Crippen molar-refractivity contribution in [3.63, 3.8) is 0 Å². The maximum absolute atomic E-state index is 13.3. The molecule has 7 nitrogen and oxygen atoms in total. The van der Waals surface area contributed by atoms with Crippen LogP contribution < -0.4 is 10.1 Å². The zero-order valence-corrected chi connectivity index (χ0v) is 18.1. The molecule has 1 aliphatic heterocycles. The van der Waals surface area contributed by atoms with E-state index < -0.39 is 11.7 Å². The molecule has 0 radical (unpaired) electrons. The quantitative estimate of drug-likeness (QED) is 0.576. The molecule has 1 unspecified atom stereocenters. The number of carbonyl (C=O) groups is 2. The second kappa shape index (κ2) is 9.40. The van der Waals surface area contributed by atoms with Gasteiger partial charge < -0.3 is 19.5 Å². The van der Waals surface area contributed by atoms with Gasteiger partial charge in [-0.1, -0.05) is 16.8 Å². The number of amides is 2. The molecule has 2 aromatic carbocycles. The Hall–Kier alpha value is -3.39. The van der Waals surface area contributed by atoms with Crippen molar-refractivity contribution in [2.75, 3.05) is 19.0 Å². The number of nitrogens with one attached hydrogen (secondary N) is 1. The third-order valence-electron chi connectivity index (χ3n) is 5.37. The minimum absolute atomic E-state index is 0.0582. The van der Waals surface area contributed by atoms with Crippen molar-refractivity contribution in [1.82, 2.24) is 10.1 Å². The van der Waals surface area contributed by atoms with E-state index >= 15 is 0 Å². The normalized spacial score (nSPS) is 16.0. The van der Waals surface area contributed by atoms with Gasteiger partial charge in [0.15, 0.2) is 11.5 Å². The van der Waals surface area contributed by atoms with Gasteiger partial charge in [0.05, 0.1) is 18.2 Å². The average Bonchev–Trinajstić information content (AvgIpc) is 3.31. The zero-order valence-electron chi connectivity index (χ0n) is 17.3. The van der Waals surface area contributed by atoms with E-state index in [1.165, 1.54) is 18.2 Å². The fraction of sp³-hybridized carbons (Fsp3) is 0.261. The number of likely N-dealkylation sites (tertiary alicyclic amines) is 1. The SMILES string of the molecule is COc1ccc(C(=O)N2CCCCC2c2cc(C(=O)Nc3ccc(F)c(Cl)c3)no2)cc1. The van der Waals surface area contributed by atoms with Gasteiger partial charge in [-0.15, -0.1) is 0 Å². The number of hydrogen-bond donors (Lipinski definition) is 1. The number of methoxy groups -OCH3 is 1. The molecule has 3 aromatic rings. The number of benzene rings is 2. The van der Waals surface area contributed by atoms with Crippen molar-refractivity contribution >= 4 is 29.1 Å². The van der Waals surface area contributed by atoms with E-state index in [0.717, 1.165) is 18.9 Å². The lowest BCUT2D eigenvalue weighted by atomic mass is 9.98. The van der Waals surface area contributed by atoms with Gasteiger partial charge in [0.1, 0.15) is 11.6 Å². The van der Waals surface area contributed by atoms with Gasteiger partial charge in [-0.05, 0) is 61.7 Å². The fourth-order valence-corrected chi connectivity index (χ4v) is 3.87. The van der Waals surface area contributed by atoms with Crippen LogP contribution in [0.1, 0.15) is 51.9 Å². The summed E-state index contributed by atoms with van der Waals surface area (Å²) in [5.41, 5.74) is 0.936. The molecule has 166 valence electrons. The Morgan fingerprint density at radius 3 is 2.69 bits per heavy atom. The molecule has 1 aromatic heterocycles. The maximum atomic E-state index is 13.3. The Labute approximate surface area is 189 Å². The zero-order chi connectivity index (χ0) is 22.7. The molecule has 2 amide bonds. The van der Waals surface area contributed by atoms with Crippen LogP contribution in [-0.4, -0.2) is 35.5 Å². The first-order chi connectivity index (χ1) is 15.5. The van der Waals surface area contributed by atoms with E-state index in [2.05, 4.69) is 10.5 Å². The minimum Gasteiger partial charge on any atom is -0.497 e. The van der Waals surface area contributed by atoms with E-state index in [9.17, 15) is 14.0 Å². The highest BCUT2D eigenvalue weighted by molar-refractivity contribution is 6.31. The highest BCUT2D eigenvalue weighted by Gasteiger charge is 2.32. The lowest BCUT2D eigenvalue weighted by Gasteiger charge is -2.34. The highest BCUT2D eigenvalue weighted by Crippen LogP contribution is 2.33. The number of rotatable bonds is 5. The van der Waals surface area contributed by atoms with Gasteiger partial charge in [0.25, 0.3) is 11.8 Å². The third kappa shape index (κ3) is 4.60. The molecule has 0 bridgehead atoms. The smallest absolute Gasteiger partial charge is 0.277 e. The molecule has 1 saturated heterocycles. The number of carbonyl (C=O) groups excluding carboxylic acids is 2. The number of aromatic nitrogens is 1. The molecule has 1 fully saturated rings.